The van der Waals surface area contributed by atoms with E-state index in [0.717, 1.165) is 5.41 Å². The van der Waals surface area contributed by atoms with Gasteiger partial charge in [-0.1, -0.05) is 42.5 Å². The molecule has 10 nitrogen and oxygen atoms in total. The fourth-order valence-electron chi connectivity index (χ4n) is 3.05. The summed E-state index contributed by atoms with van der Waals surface area (Å²) in [4.78, 5) is 16.8. The summed E-state index contributed by atoms with van der Waals surface area (Å²) in [6.07, 6.45) is 4.37. The van der Waals surface area contributed by atoms with Crippen molar-refractivity contribution >= 4 is 21.9 Å². The summed E-state index contributed by atoms with van der Waals surface area (Å²) in [5.74, 6) is -0.0758. The number of sulfonamides is 1. The minimum atomic E-state index is -4.10. The van der Waals surface area contributed by atoms with Crippen molar-refractivity contribution in [1.82, 2.24) is 19.9 Å². The number of rotatable bonds is 11. The zero-order valence-corrected chi connectivity index (χ0v) is 20.4. The lowest BCUT2D eigenvalue weighted by atomic mass is 10.2. The predicted octanol–water partition coefficient (Wildman–Crippen LogP) is 4.50. The number of anilines is 1. The fourth-order valence-corrected chi connectivity index (χ4v) is 3.87. The first-order valence-corrected chi connectivity index (χ1v) is 12.5. The summed E-state index contributed by atoms with van der Waals surface area (Å²) in [5.41, 5.74) is 0.673. The van der Waals surface area contributed by atoms with Crippen LogP contribution < -0.4 is 18.9 Å². The zero-order chi connectivity index (χ0) is 26.1. The van der Waals surface area contributed by atoms with Crippen LogP contribution in [0.15, 0.2) is 78.5 Å². The van der Waals surface area contributed by atoms with Gasteiger partial charge < -0.3 is 14.2 Å². The van der Waals surface area contributed by atoms with E-state index in [9.17, 15) is 12.8 Å². The molecule has 0 aliphatic heterocycles. The third kappa shape index (κ3) is 6.76. The Morgan fingerprint density at radius 3 is 2.32 bits per heavy atom. The molecule has 0 saturated carbocycles. The first kappa shape index (κ1) is 25.5. The van der Waals surface area contributed by atoms with Crippen LogP contribution in [0.25, 0.3) is 17.7 Å². The lowest BCUT2D eigenvalue weighted by Gasteiger charge is -2.17. The van der Waals surface area contributed by atoms with Crippen molar-refractivity contribution < 1.29 is 27.0 Å². The Hall–Kier alpha value is -4.58. The lowest BCUT2D eigenvalue weighted by molar-refractivity contribution is 0.254. The van der Waals surface area contributed by atoms with E-state index in [1.54, 1.807) is 54.6 Å². The van der Waals surface area contributed by atoms with E-state index in [1.165, 1.54) is 25.6 Å². The monoisotopic (exact) mass is 523 g/mol. The molecule has 0 spiro atoms. The molecule has 2 aromatic carbocycles. The van der Waals surface area contributed by atoms with Crippen molar-refractivity contribution in [3.63, 3.8) is 0 Å². The van der Waals surface area contributed by atoms with Crippen LogP contribution in [0.4, 0.5) is 10.2 Å². The van der Waals surface area contributed by atoms with Gasteiger partial charge in [-0.25, -0.2) is 27.8 Å². The van der Waals surface area contributed by atoms with Gasteiger partial charge in [-0.15, -0.1) is 0 Å². The first-order chi connectivity index (χ1) is 18.0. The first-order valence-electron chi connectivity index (χ1n) is 10.9. The average Bonchev–Trinajstić information content (AvgIpc) is 2.93. The van der Waals surface area contributed by atoms with Crippen LogP contribution >= 0.6 is 0 Å². The molecule has 12 heteroatoms. The van der Waals surface area contributed by atoms with Gasteiger partial charge in [-0.2, -0.15) is 4.98 Å². The van der Waals surface area contributed by atoms with Crippen LogP contribution in [-0.2, 0) is 10.0 Å². The van der Waals surface area contributed by atoms with Crippen molar-refractivity contribution in [2.75, 3.05) is 25.1 Å². The third-order valence-electron chi connectivity index (χ3n) is 4.68. The molecular formula is C25H22FN5O5S. The number of methoxy groups -OCH3 is 1. The van der Waals surface area contributed by atoms with E-state index < -0.39 is 16.7 Å². The number of hydrogen-bond donors (Lipinski definition) is 1. The number of alkyl halides is 1. The summed E-state index contributed by atoms with van der Waals surface area (Å²) >= 11 is 0. The zero-order valence-electron chi connectivity index (χ0n) is 19.6. The molecule has 0 aliphatic rings. The van der Waals surface area contributed by atoms with Crippen molar-refractivity contribution in [2.45, 2.75) is 0 Å². The molecule has 0 fully saturated rings. The van der Waals surface area contributed by atoms with E-state index in [1.807, 2.05) is 6.07 Å². The van der Waals surface area contributed by atoms with Gasteiger partial charge in [0.25, 0.3) is 15.9 Å². The summed E-state index contributed by atoms with van der Waals surface area (Å²) in [5, 5.41) is 0.984. The number of benzene rings is 2. The molecule has 190 valence electrons. The van der Waals surface area contributed by atoms with E-state index >= 15 is 0 Å². The van der Waals surface area contributed by atoms with E-state index in [0.29, 0.717) is 11.3 Å². The molecular weight excluding hydrogens is 501 g/mol. The summed E-state index contributed by atoms with van der Waals surface area (Å²) in [6, 6.07) is 17.2. The Morgan fingerprint density at radius 2 is 1.62 bits per heavy atom. The number of ether oxygens (including phenoxy) is 3. The van der Waals surface area contributed by atoms with Crippen LogP contribution in [0.2, 0.25) is 0 Å². The quantitative estimate of drug-likeness (QED) is 0.302. The maximum absolute atomic E-state index is 13.0. The number of para-hydroxylation sites is 2. The Morgan fingerprint density at radius 1 is 0.919 bits per heavy atom. The van der Waals surface area contributed by atoms with Gasteiger partial charge in [0.2, 0.25) is 11.6 Å². The van der Waals surface area contributed by atoms with Gasteiger partial charge in [0, 0.05) is 12.4 Å². The number of hydrogen-bond acceptors (Lipinski definition) is 9. The second-order valence-corrected chi connectivity index (χ2v) is 8.82. The van der Waals surface area contributed by atoms with Crippen LogP contribution in [0.1, 0.15) is 5.56 Å². The van der Waals surface area contributed by atoms with Gasteiger partial charge in [-0.3, -0.25) is 4.72 Å². The van der Waals surface area contributed by atoms with E-state index in [-0.39, 0.29) is 41.5 Å². The summed E-state index contributed by atoms with van der Waals surface area (Å²) in [6.45, 7) is -1.19. The van der Waals surface area contributed by atoms with E-state index in [2.05, 4.69) is 24.7 Å². The molecule has 2 heterocycles. The largest absolute Gasteiger partial charge is 0.493 e. The Bertz CT molecular complexity index is 1470. The normalized spacial score (nSPS) is 11.3. The average molecular weight is 524 g/mol. The Labute approximate surface area is 212 Å². The lowest BCUT2D eigenvalue weighted by Crippen LogP contribution is -2.14. The van der Waals surface area contributed by atoms with Crippen LogP contribution in [0.5, 0.6) is 23.1 Å². The summed E-state index contributed by atoms with van der Waals surface area (Å²) < 4.78 is 58.2. The Balaban J connectivity index is 1.82. The maximum atomic E-state index is 13.0. The minimum absolute atomic E-state index is 0.0634. The smallest absolute Gasteiger partial charge is 0.264 e. The van der Waals surface area contributed by atoms with Gasteiger partial charge in [0.05, 0.1) is 12.5 Å². The topological polar surface area (TPSA) is 125 Å². The Kier molecular flexibility index (Phi) is 8.21. The van der Waals surface area contributed by atoms with Crippen molar-refractivity contribution in [3.05, 3.63) is 84.0 Å². The van der Waals surface area contributed by atoms with Crippen LogP contribution in [0.3, 0.4) is 0 Å². The molecule has 0 saturated heterocycles. The molecule has 37 heavy (non-hydrogen) atoms. The standard InChI is InChI=1S/C25H22FN5O5S/c1-34-19-10-5-6-11-20(19)36-21-22(31-37(32,33)17-12-18-8-3-2-4-9-18)29-24(23-27-14-7-15-28-23)30-25(21)35-16-13-26/h2-12,14-15,17H,13,16H2,1H3,(H,29,30,31). The van der Waals surface area contributed by atoms with Crippen molar-refractivity contribution in [3.8, 4) is 34.8 Å². The number of halogens is 1. The molecule has 0 unspecified atom stereocenters. The fraction of sp³-hybridized carbons (Fsp3) is 0.120. The highest BCUT2D eigenvalue weighted by atomic mass is 32.2. The third-order valence-corrected chi connectivity index (χ3v) is 5.65. The molecule has 0 bridgehead atoms. The minimum Gasteiger partial charge on any atom is -0.493 e. The van der Waals surface area contributed by atoms with Crippen LogP contribution in [-0.4, -0.2) is 48.7 Å². The van der Waals surface area contributed by atoms with Gasteiger partial charge >= 0.3 is 0 Å². The van der Waals surface area contributed by atoms with Crippen LogP contribution in [0, 0.1) is 0 Å². The van der Waals surface area contributed by atoms with Gasteiger partial charge in [-0.05, 0) is 29.8 Å². The molecule has 4 rings (SSSR count). The molecule has 0 amide bonds. The van der Waals surface area contributed by atoms with Crippen molar-refractivity contribution in [2.24, 2.45) is 0 Å². The molecule has 0 aliphatic carbocycles. The second kappa shape index (κ2) is 11.9. The maximum Gasteiger partial charge on any atom is 0.264 e. The molecule has 4 aromatic rings. The second-order valence-electron chi connectivity index (χ2n) is 7.25. The number of nitrogens with zero attached hydrogens (tertiary/aromatic N) is 4. The molecule has 0 atom stereocenters. The SMILES string of the molecule is COc1ccccc1Oc1c(NS(=O)(=O)C=Cc2ccccc2)nc(-c2ncccn2)nc1OCCF. The summed E-state index contributed by atoms with van der Waals surface area (Å²) in [7, 11) is -2.65. The highest BCUT2D eigenvalue weighted by Gasteiger charge is 2.24. The molecule has 2 aromatic heterocycles. The number of aromatic nitrogens is 4. The predicted molar refractivity (Wildman–Crippen MR) is 136 cm³/mol. The van der Waals surface area contributed by atoms with Crippen molar-refractivity contribution in [1.29, 1.82) is 0 Å². The van der Waals surface area contributed by atoms with Gasteiger partial charge in [0.15, 0.2) is 23.1 Å². The highest BCUT2D eigenvalue weighted by molar-refractivity contribution is 7.95. The number of nitrogens with one attached hydrogen (secondary N) is 1. The van der Waals surface area contributed by atoms with E-state index in [4.69, 9.17) is 14.2 Å². The molecule has 1 N–H and O–H groups in total. The van der Waals surface area contributed by atoms with Gasteiger partial charge in [0.1, 0.15) is 13.3 Å². The highest BCUT2D eigenvalue weighted by Crippen LogP contribution is 2.41. The molecule has 0 radical (unpaired) electrons.